The molecule has 0 bridgehead atoms. The van der Waals surface area contributed by atoms with Crippen LogP contribution in [0, 0.1) is 17.7 Å². The molecule has 0 unspecified atom stereocenters. The Labute approximate surface area is 259 Å². The van der Waals surface area contributed by atoms with Gasteiger partial charge in [-0.25, -0.2) is 9.37 Å². The minimum Gasteiger partial charge on any atom is -0.485 e. The van der Waals surface area contributed by atoms with Gasteiger partial charge in [0.1, 0.15) is 17.7 Å². The fourth-order valence-electron chi connectivity index (χ4n) is 7.23. The van der Waals surface area contributed by atoms with Crippen molar-refractivity contribution in [2.75, 3.05) is 34.5 Å². The van der Waals surface area contributed by atoms with Crippen molar-refractivity contribution in [1.29, 1.82) is 0 Å². The van der Waals surface area contributed by atoms with Crippen LogP contribution in [0.3, 0.4) is 0 Å². The van der Waals surface area contributed by atoms with Crippen molar-refractivity contribution in [1.82, 2.24) is 9.88 Å². The number of methoxy groups -OCH3 is 3. The molecule has 1 saturated heterocycles. The van der Waals surface area contributed by atoms with E-state index in [9.17, 15) is 4.79 Å². The first-order valence-corrected chi connectivity index (χ1v) is 15.8. The number of carbonyl (C=O) groups excluding carboxylic acids is 1. The third kappa shape index (κ3) is 6.33. The molecule has 0 amide bonds. The summed E-state index contributed by atoms with van der Waals surface area (Å²) < 4.78 is 37.9. The molecule has 234 valence electrons. The molecule has 1 aromatic heterocycles. The molecule has 8 heteroatoms. The summed E-state index contributed by atoms with van der Waals surface area (Å²) in [5, 5.41) is 0. The summed E-state index contributed by atoms with van der Waals surface area (Å²) in [7, 11) is 4.75. The van der Waals surface area contributed by atoms with Gasteiger partial charge in [0.15, 0.2) is 0 Å². The molecule has 0 N–H and O–H groups in total. The fraction of sp³-hybridized carbons (Fsp3) is 0.500. The van der Waals surface area contributed by atoms with Gasteiger partial charge in [-0.1, -0.05) is 37.3 Å². The lowest BCUT2D eigenvalue weighted by atomic mass is 9.82. The summed E-state index contributed by atoms with van der Waals surface area (Å²) in [5.41, 5.74) is 5.75. The summed E-state index contributed by atoms with van der Waals surface area (Å²) in [4.78, 5) is 19.0. The molecular formula is C36H43FN2O5. The van der Waals surface area contributed by atoms with E-state index < -0.39 is 0 Å². The summed E-state index contributed by atoms with van der Waals surface area (Å²) >= 11 is 0. The number of halogens is 1. The van der Waals surface area contributed by atoms with Crippen LogP contribution in [-0.2, 0) is 27.2 Å². The highest BCUT2D eigenvalue weighted by Gasteiger charge is 2.39. The van der Waals surface area contributed by atoms with Gasteiger partial charge in [-0.15, -0.1) is 0 Å². The Morgan fingerprint density at radius 1 is 1.07 bits per heavy atom. The Bertz CT molecular complexity index is 1490. The van der Waals surface area contributed by atoms with E-state index in [2.05, 4.69) is 40.2 Å². The maximum atomic E-state index is 15.2. The van der Waals surface area contributed by atoms with Gasteiger partial charge in [-0.2, -0.15) is 0 Å². The molecule has 44 heavy (non-hydrogen) atoms. The molecule has 1 saturated carbocycles. The lowest BCUT2D eigenvalue weighted by Crippen LogP contribution is -2.32. The molecule has 2 aromatic carbocycles. The van der Waals surface area contributed by atoms with Crippen LogP contribution < -0.4 is 9.47 Å². The molecule has 3 aromatic rings. The zero-order valence-electron chi connectivity index (χ0n) is 26.2. The van der Waals surface area contributed by atoms with Crippen LogP contribution in [0.25, 0.3) is 11.1 Å². The summed E-state index contributed by atoms with van der Waals surface area (Å²) in [6, 6.07) is 14.8. The monoisotopic (exact) mass is 602 g/mol. The number of ether oxygens (including phenoxy) is 4. The number of carbonyl (C=O) groups is 1. The average Bonchev–Trinajstić information content (AvgIpc) is 3.79. The summed E-state index contributed by atoms with van der Waals surface area (Å²) in [5.74, 6) is 1.13. The van der Waals surface area contributed by atoms with E-state index in [1.165, 1.54) is 18.9 Å². The SMILES string of the molecule is COC[C@@H]1CCCN1Cc1cc([C@@H]2CCc3ccc([C@H](C4CC4)[C@H](C)C(=O)OC)cc3O2)ccc1-c1cc(OC)ncc1F. The van der Waals surface area contributed by atoms with Crippen molar-refractivity contribution >= 4 is 5.97 Å². The second kappa shape index (κ2) is 13.2. The largest absolute Gasteiger partial charge is 0.485 e. The van der Waals surface area contributed by atoms with Gasteiger partial charge in [-0.3, -0.25) is 9.69 Å². The minimum atomic E-state index is -0.378. The summed E-state index contributed by atoms with van der Waals surface area (Å²) in [6.45, 7) is 4.30. The number of benzene rings is 2. The van der Waals surface area contributed by atoms with Crippen LogP contribution in [-0.4, -0.2) is 56.4 Å². The quantitative estimate of drug-likeness (QED) is 0.222. The number of pyridine rings is 1. The number of hydrogen-bond donors (Lipinski definition) is 0. The van der Waals surface area contributed by atoms with Crippen molar-refractivity contribution in [2.24, 2.45) is 11.8 Å². The van der Waals surface area contributed by atoms with Crippen molar-refractivity contribution in [3.05, 3.63) is 76.7 Å². The van der Waals surface area contributed by atoms with E-state index in [0.717, 1.165) is 73.1 Å². The first kappa shape index (κ1) is 30.5. The predicted octanol–water partition coefficient (Wildman–Crippen LogP) is 6.88. The normalized spacial score (nSPS) is 21.3. The Kier molecular flexibility index (Phi) is 9.19. The molecule has 2 fully saturated rings. The second-order valence-electron chi connectivity index (χ2n) is 12.5. The van der Waals surface area contributed by atoms with E-state index in [4.69, 9.17) is 18.9 Å². The highest BCUT2D eigenvalue weighted by Crippen LogP contribution is 2.48. The van der Waals surface area contributed by atoms with Crippen LogP contribution >= 0.6 is 0 Å². The van der Waals surface area contributed by atoms with Crippen LogP contribution in [0.1, 0.15) is 73.3 Å². The molecular weight excluding hydrogens is 559 g/mol. The Hall–Kier alpha value is -3.49. The minimum absolute atomic E-state index is 0.121. The number of nitrogens with zero attached hydrogens (tertiary/aromatic N) is 2. The zero-order chi connectivity index (χ0) is 30.8. The summed E-state index contributed by atoms with van der Waals surface area (Å²) in [6.07, 6.45) is 7.31. The van der Waals surface area contributed by atoms with Gasteiger partial charge in [-0.05, 0) is 90.8 Å². The standard InChI is InChI=1S/C36H43FN2O5/c1-22(36(40)43-4)35(24-8-9-24)26-10-7-23-12-14-32(44-33(23)17-26)25-11-13-29(30-18-34(42-3)38-19-31(30)37)27(16-25)20-39-15-5-6-28(39)21-41-2/h7,10-11,13,16-19,22,24,28,32,35H,5-6,8-9,12,14-15,20-21H2,1-4H3/t22-,28-,32-,35-/m0/s1. The topological polar surface area (TPSA) is 70.1 Å². The number of rotatable bonds is 11. The third-order valence-corrected chi connectivity index (χ3v) is 9.72. The van der Waals surface area contributed by atoms with Crippen LogP contribution in [0.15, 0.2) is 48.7 Å². The maximum absolute atomic E-state index is 15.2. The van der Waals surface area contributed by atoms with E-state index in [-0.39, 0.29) is 29.7 Å². The Balaban J connectivity index is 1.32. The molecule has 1 aliphatic carbocycles. The number of esters is 1. The fourth-order valence-corrected chi connectivity index (χ4v) is 7.23. The Morgan fingerprint density at radius 2 is 1.91 bits per heavy atom. The lowest BCUT2D eigenvalue weighted by molar-refractivity contribution is -0.145. The number of fused-ring (bicyclic) bond motifs is 1. The number of likely N-dealkylation sites (tertiary alicyclic amines) is 1. The smallest absolute Gasteiger partial charge is 0.309 e. The molecule has 6 rings (SSSR count). The highest BCUT2D eigenvalue weighted by molar-refractivity contribution is 5.73. The van der Waals surface area contributed by atoms with Crippen molar-refractivity contribution in [3.63, 3.8) is 0 Å². The molecule has 2 aliphatic heterocycles. The molecule has 3 heterocycles. The van der Waals surface area contributed by atoms with Crippen molar-refractivity contribution in [3.8, 4) is 22.8 Å². The van der Waals surface area contributed by atoms with Gasteiger partial charge in [0, 0.05) is 31.3 Å². The molecule has 0 spiro atoms. The van der Waals surface area contributed by atoms with Crippen LogP contribution in [0.4, 0.5) is 4.39 Å². The van der Waals surface area contributed by atoms with E-state index in [1.807, 2.05) is 13.0 Å². The second-order valence-corrected chi connectivity index (χ2v) is 12.5. The molecule has 7 nitrogen and oxygen atoms in total. The van der Waals surface area contributed by atoms with Crippen molar-refractivity contribution in [2.45, 2.75) is 70.1 Å². The van der Waals surface area contributed by atoms with Gasteiger partial charge < -0.3 is 18.9 Å². The average molecular weight is 603 g/mol. The first-order chi connectivity index (χ1) is 21.4. The highest BCUT2D eigenvalue weighted by atomic mass is 19.1. The van der Waals surface area contributed by atoms with E-state index in [0.29, 0.717) is 36.6 Å². The van der Waals surface area contributed by atoms with E-state index >= 15 is 4.39 Å². The number of aryl methyl sites for hydroxylation is 1. The van der Waals surface area contributed by atoms with Gasteiger partial charge in [0.05, 0.1) is 32.9 Å². The van der Waals surface area contributed by atoms with Crippen LogP contribution in [0.5, 0.6) is 11.6 Å². The molecule has 3 aliphatic rings. The maximum Gasteiger partial charge on any atom is 0.309 e. The Morgan fingerprint density at radius 3 is 2.66 bits per heavy atom. The predicted molar refractivity (Wildman–Crippen MR) is 166 cm³/mol. The third-order valence-electron chi connectivity index (χ3n) is 9.72. The first-order valence-electron chi connectivity index (χ1n) is 15.8. The lowest BCUT2D eigenvalue weighted by Gasteiger charge is -2.30. The van der Waals surface area contributed by atoms with Crippen LogP contribution in [0.2, 0.25) is 0 Å². The molecule has 4 atom stereocenters. The zero-order valence-corrected chi connectivity index (χ0v) is 26.2. The molecule has 0 radical (unpaired) electrons. The van der Waals surface area contributed by atoms with E-state index in [1.54, 1.807) is 20.3 Å². The van der Waals surface area contributed by atoms with Gasteiger partial charge in [0.25, 0.3) is 0 Å². The number of hydrogen-bond acceptors (Lipinski definition) is 7. The number of aromatic nitrogens is 1. The van der Waals surface area contributed by atoms with Gasteiger partial charge >= 0.3 is 5.97 Å². The van der Waals surface area contributed by atoms with Crippen molar-refractivity contribution < 1.29 is 28.1 Å². The van der Waals surface area contributed by atoms with Gasteiger partial charge in [0.2, 0.25) is 5.88 Å².